The van der Waals surface area contributed by atoms with Crippen LogP contribution in [0.15, 0.2) is 41.8 Å². The van der Waals surface area contributed by atoms with E-state index in [9.17, 15) is 0 Å². The van der Waals surface area contributed by atoms with Crippen molar-refractivity contribution in [3.05, 3.63) is 36.8 Å². The van der Waals surface area contributed by atoms with Gasteiger partial charge in [0.05, 0.1) is 36.4 Å². The maximum Gasteiger partial charge on any atom is 0.183 e. The molecule has 33 heavy (non-hydrogen) atoms. The van der Waals surface area contributed by atoms with Crippen molar-refractivity contribution in [2.75, 3.05) is 48.2 Å². The summed E-state index contributed by atoms with van der Waals surface area (Å²) in [5, 5.41) is 10.1. The summed E-state index contributed by atoms with van der Waals surface area (Å²) in [7, 11) is 1.68. The number of nitrogen functional groups attached to an aromatic ring is 1. The van der Waals surface area contributed by atoms with E-state index in [1.54, 1.807) is 25.7 Å². The van der Waals surface area contributed by atoms with Gasteiger partial charge in [-0.05, 0) is 36.8 Å². The van der Waals surface area contributed by atoms with Crippen molar-refractivity contribution >= 4 is 35.0 Å². The number of fused-ring (bicyclic) bond motifs is 1. The van der Waals surface area contributed by atoms with Crippen LogP contribution in [0, 0.1) is 11.3 Å². The van der Waals surface area contributed by atoms with E-state index in [-0.39, 0.29) is 5.41 Å². The lowest BCUT2D eigenvalue weighted by Gasteiger charge is -2.41. The van der Waals surface area contributed by atoms with Crippen LogP contribution in [0.1, 0.15) is 26.2 Å². The first kappa shape index (κ1) is 22.9. The topological polar surface area (TPSA) is 134 Å². The highest BCUT2D eigenvalue weighted by Crippen LogP contribution is 2.42. The van der Waals surface area contributed by atoms with Gasteiger partial charge in [0.15, 0.2) is 17.5 Å². The third kappa shape index (κ3) is 5.77. The van der Waals surface area contributed by atoms with Crippen LogP contribution in [0.2, 0.25) is 0 Å². The number of methoxy groups -OCH3 is 1. The highest BCUT2D eigenvalue weighted by Gasteiger charge is 2.37. The minimum atomic E-state index is 0.136. The first-order chi connectivity index (χ1) is 16.1. The summed E-state index contributed by atoms with van der Waals surface area (Å²) in [6.07, 6.45) is 14.7. The number of hydrazine groups is 1. The molecule has 10 nitrogen and oxygen atoms in total. The van der Waals surface area contributed by atoms with Crippen LogP contribution < -0.4 is 27.2 Å². The molecule has 4 rings (SSSR count). The summed E-state index contributed by atoms with van der Waals surface area (Å²) in [6, 6.07) is 2.32. The Kier molecular flexibility index (Phi) is 7.36. The Bertz CT molecular complexity index is 996. The number of nitrogens with two attached hydrogens (primary N) is 1. The first-order valence-electron chi connectivity index (χ1n) is 11.3. The van der Waals surface area contributed by atoms with Gasteiger partial charge in [0.1, 0.15) is 0 Å². The molecule has 2 aromatic rings. The summed E-state index contributed by atoms with van der Waals surface area (Å²) in [5.41, 5.74) is 4.49. The van der Waals surface area contributed by atoms with Crippen molar-refractivity contribution in [3.8, 4) is 0 Å². The summed E-state index contributed by atoms with van der Waals surface area (Å²) in [5.74, 6) is 7.91. The fourth-order valence-electron chi connectivity index (χ4n) is 4.46. The third-order valence-electron chi connectivity index (χ3n) is 6.29. The van der Waals surface area contributed by atoms with Gasteiger partial charge in [-0.2, -0.15) is 0 Å². The molecule has 3 atom stereocenters. The molecule has 0 bridgehead atoms. The van der Waals surface area contributed by atoms with E-state index >= 15 is 0 Å². The largest absolute Gasteiger partial charge is 0.383 e. The molecular formula is C23H33N9O. The molecule has 3 unspecified atom stereocenters. The Morgan fingerprint density at radius 2 is 2.12 bits per heavy atom. The zero-order chi connectivity index (χ0) is 23.1. The minimum Gasteiger partial charge on any atom is -0.383 e. The van der Waals surface area contributed by atoms with E-state index in [2.05, 4.69) is 55.4 Å². The molecule has 1 aliphatic carbocycles. The molecule has 176 valence electrons. The average molecular weight is 452 g/mol. The van der Waals surface area contributed by atoms with Crippen LogP contribution in [0.25, 0.3) is 0 Å². The monoisotopic (exact) mass is 451 g/mol. The predicted molar refractivity (Wildman–Crippen MR) is 133 cm³/mol. The van der Waals surface area contributed by atoms with Gasteiger partial charge in [0.25, 0.3) is 0 Å². The number of hydrogen-bond donors (Lipinski definition) is 5. The van der Waals surface area contributed by atoms with Crippen LogP contribution in [0.4, 0.5) is 28.8 Å². The maximum atomic E-state index is 5.70. The fraction of sp³-hybridized carbons (Fsp3) is 0.478. The Labute approximate surface area is 194 Å². The van der Waals surface area contributed by atoms with Gasteiger partial charge in [-0.3, -0.25) is 9.98 Å². The number of nitrogens with zero attached hydrogens (tertiary/aromatic N) is 4. The molecule has 0 spiro atoms. The van der Waals surface area contributed by atoms with Gasteiger partial charge in [-0.25, -0.2) is 15.8 Å². The number of anilines is 5. The Morgan fingerprint density at radius 3 is 2.97 bits per heavy atom. The van der Waals surface area contributed by atoms with Gasteiger partial charge in [-0.15, -0.1) is 0 Å². The third-order valence-corrected chi connectivity index (χ3v) is 6.29. The number of nitrogens with one attached hydrogen (secondary N) is 4. The molecular weight excluding hydrogens is 418 g/mol. The zero-order valence-electron chi connectivity index (χ0n) is 19.2. The molecule has 0 amide bonds. The van der Waals surface area contributed by atoms with Crippen molar-refractivity contribution in [2.24, 2.45) is 22.2 Å². The van der Waals surface area contributed by atoms with Gasteiger partial charge in [-0.1, -0.05) is 13.0 Å². The molecule has 1 fully saturated rings. The van der Waals surface area contributed by atoms with Gasteiger partial charge >= 0.3 is 0 Å². The van der Waals surface area contributed by atoms with Crippen LogP contribution in [-0.4, -0.2) is 54.0 Å². The van der Waals surface area contributed by atoms with Crippen LogP contribution in [-0.2, 0) is 4.74 Å². The molecule has 6 N–H and O–H groups in total. The minimum absolute atomic E-state index is 0.136. The smallest absolute Gasteiger partial charge is 0.183 e. The van der Waals surface area contributed by atoms with E-state index in [1.165, 1.54) is 0 Å². The standard InChI is InChI=1S/C23H33N9O/c1-23(7-5-17-16(12-23)4-3-8-26-17)15-29-21-22(32-24)28-14-20(31-21)30-19-13-25-9-6-18(19)27-10-11-33-2/h3-4,6,8-9,13-14,16-17H,5,7,10-12,15,24H2,1-2H3,(H,25,27)(H,28,32)(H2,29,30,31). The fourth-order valence-corrected chi connectivity index (χ4v) is 4.46. The second-order valence-corrected chi connectivity index (χ2v) is 8.88. The predicted octanol–water partition coefficient (Wildman–Crippen LogP) is 3.19. The number of aromatic nitrogens is 3. The van der Waals surface area contributed by atoms with Gasteiger partial charge in [0, 0.05) is 38.5 Å². The van der Waals surface area contributed by atoms with Gasteiger partial charge < -0.3 is 26.1 Å². The van der Waals surface area contributed by atoms with Crippen LogP contribution >= 0.6 is 0 Å². The van der Waals surface area contributed by atoms with E-state index in [0.29, 0.717) is 42.6 Å². The lowest BCUT2D eigenvalue weighted by atomic mass is 9.68. The molecule has 0 aromatic carbocycles. The number of pyridine rings is 1. The van der Waals surface area contributed by atoms with E-state index < -0.39 is 0 Å². The Balaban J connectivity index is 1.44. The van der Waals surface area contributed by atoms with E-state index in [1.807, 2.05) is 12.3 Å². The molecule has 10 heteroatoms. The molecule has 0 radical (unpaired) electrons. The molecule has 1 saturated carbocycles. The number of ether oxygens (including phenoxy) is 1. The van der Waals surface area contributed by atoms with Crippen molar-refractivity contribution < 1.29 is 4.74 Å². The second kappa shape index (κ2) is 10.6. The lowest BCUT2D eigenvalue weighted by molar-refractivity contribution is 0.176. The summed E-state index contributed by atoms with van der Waals surface area (Å²) in [6.45, 7) is 4.39. The van der Waals surface area contributed by atoms with Crippen molar-refractivity contribution in [3.63, 3.8) is 0 Å². The molecule has 0 saturated heterocycles. The molecule has 1 aliphatic heterocycles. The first-order valence-corrected chi connectivity index (χ1v) is 11.3. The summed E-state index contributed by atoms with van der Waals surface area (Å²) in [4.78, 5) is 18.0. The Hall–Kier alpha value is -3.24. The molecule has 3 heterocycles. The number of hydrogen-bond acceptors (Lipinski definition) is 10. The van der Waals surface area contributed by atoms with E-state index in [0.717, 1.165) is 37.2 Å². The SMILES string of the molecule is COCCNc1ccncc1Nc1cnc(NN)c(NCC2(C)CCC3N=CC=CC3C2)n1. The normalized spacial score (nSPS) is 23.6. The highest BCUT2D eigenvalue weighted by atomic mass is 16.5. The van der Waals surface area contributed by atoms with Gasteiger partial charge in [0.2, 0.25) is 0 Å². The van der Waals surface area contributed by atoms with E-state index in [4.69, 9.17) is 15.6 Å². The number of dihydropyridines is 1. The summed E-state index contributed by atoms with van der Waals surface area (Å²) < 4.78 is 5.12. The highest BCUT2D eigenvalue weighted by molar-refractivity contribution is 5.73. The number of allylic oxidation sites excluding steroid dienone is 1. The Morgan fingerprint density at radius 1 is 1.21 bits per heavy atom. The van der Waals surface area contributed by atoms with Crippen LogP contribution in [0.5, 0.6) is 0 Å². The van der Waals surface area contributed by atoms with Crippen molar-refractivity contribution in [1.82, 2.24) is 15.0 Å². The second-order valence-electron chi connectivity index (χ2n) is 8.88. The molecule has 2 aromatic heterocycles. The molecule has 2 aliphatic rings. The number of aliphatic imine (C=N–C) groups is 1. The van der Waals surface area contributed by atoms with Crippen LogP contribution in [0.3, 0.4) is 0 Å². The number of rotatable bonds is 10. The zero-order valence-corrected chi connectivity index (χ0v) is 19.2. The average Bonchev–Trinajstić information content (AvgIpc) is 2.84. The van der Waals surface area contributed by atoms with Crippen molar-refractivity contribution in [2.45, 2.75) is 32.2 Å². The quantitative estimate of drug-likeness (QED) is 0.210. The maximum absolute atomic E-state index is 5.70. The summed E-state index contributed by atoms with van der Waals surface area (Å²) >= 11 is 0. The van der Waals surface area contributed by atoms with Crippen molar-refractivity contribution in [1.29, 1.82) is 0 Å². The lowest BCUT2D eigenvalue weighted by Crippen LogP contribution is -2.38.